The molecule has 7 nitrogen and oxygen atoms in total. The molecule has 0 bridgehead atoms. The number of benzene rings is 1. The molecule has 0 heterocycles. The van der Waals surface area contributed by atoms with E-state index in [4.69, 9.17) is 9.47 Å². The van der Waals surface area contributed by atoms with Gasteiger partial charge in [-0.25, -0.2) is 9.59 Å². The van der Waals surface area contributed by atoms with E-state index in [1.807, 2.05) is 26.0 Å². The van der Waals surface area contributed by atoms with Crippen molar-refractivity contribution in [2.75, 3.05) is 31.7 Å². The Morgan fingerprint density at radius 3 is 2.15 bits per heavy atom. The third-order valence-electron chi connectivity index (χ3n) is 4.55. The maximum atomic E-state index is 12.1. The van der Waals surface area contributed by atoms with Crippen LogP contribution >= 0.6 is 0 Å². The summed E-state index contributed by atoms with van der Waals surface area (Å²) in [4.78, 5) is 38.1. The molecule has 2 atom stereocenters. The smallest absolute Gasteiger partial charge is 0.338 e. The second-order valence-corrected chi connectivity index (χ2v) is 6.25. The van der Waals surface area contributed by atoms with Crippen LogP contribution in [0.15, 0.2) is 24.3 Å². The zero-order valence-electron chi connectivity index (χ0n) is 16.8. The largest absolute Gasteiger partial charge is 0.467 e. The van der Waals surface area contributed by atoms with E-state index in [-0.39, 0.29) is 5.92 Å². The molecule has 0 aliphatic rings. The van der Waals surface area contributed by atoms with Crippen molar-refractivity contribution in [1.82, 2.24) is 5.32 Å². The minimum Gasteiger partial charge on any atom is -0.467 e. The fraction of sp³-hybridized carbons (Fsp3) is 0.550. The van der Waals surface area contributed by atoms with Gasteiger partial charge in [0.1, 0.15) is 6.04 Å². The van der Waals surface area contributed by atoms with E-state index in [1.165, 1.54) is 7.11 Å². The number of hydrogen-bond acceptors (Lipinski definition) is 6. The van der Waals surface area contributed by atoms with Gasteiger partial charge in [-0.1, -0.05) is 20.3 Å². The first-order valence-corrected chi connectivity index (χ1v) is 9.27. The SMILES string of the molecule is CC[C@@H](C)[C@H](NC(=O)COC(=O)c1ccc(N(CC)CC)cc1)C(=O)OC. The second-order valence-electron chi connectivity index (χ2n) is 6.25. The highest BCUT2D eigenvalue weighted by Gasteiger charge is 2.27. The Balaban J connectivity index is 2.62. The van der Waals surface area contributed by atoms with Crippen molar-refractivity contribution in [3.63, 3.8) is 0 Å². The van der Waals surface area contributed by atoms with Crippen LogP contribution in [-0.4, -0.2) is 50.7 Å². The lowest BCUT2D eigenvalue weighted by molar-refractivity contribution is -0.147. The maximum absolute atomic E-state index is 12.1. The maximum Gasteiger partial charge on any atom is 0.338 e. The summed E-state index contributed by atoms with van der Waals surface area (Å²) in [7, 11) is 1.27. The standard InChI is InChI=1S/C20H30N2O5/c1-6-14(4)18(20(25)26-5)21-17(23)13-27-19(24)15-9-11-16(12-10-15)22(7-2)8-3/h9-12,14,18H,6-8,13H2,1-5H3,(H,21,23)/t14-,18+/m1/s1. The first kappa shape index (κ1) is 22.5. The van der Waals surface area contributed by atoms with Crippen LogP contribution in [0.2, 0.25) is 0 Å². The number of carbonyl (C=O) groups is 3. The zero-order valence-corrected chi connectivity index (χ0v) is 16.8. The highest BCUT2D eigenvalue weighted by atomic mass is 16.5. The van der Waals surface area contributed by atoms with Gasteiger partial charge in [0.15, 0.2) is 6.61 Å². The molecule has 0 aliphatic carbocycles. The number of methoxy groups -OCH3 is 1. The molecule has 0 aliphatic heterocycles. The third-order valence-corrected chi connectivity index (χ3v) is 4.55. The molecule has 1 rings (SSSR count). The number of carbonyl (C=O) groups excluding carboxylic acids is 3. The lowest BCUT2D eigenvalue weighted by atomic mass is 9.99. The molecule has 0 spiro atoms. The van der Waals surface area contributed by atoms with E-state index in [2.05, 4.69) is 24.1 Å². The van der Waals surface area contributed by atoms with Crippen molar-refractivity contribution in [2.45, 2.75) is 40.2 Å². The Labute approximate surface area is 161 Å². The van der Waals surface area contributed by atoms with E-state index in [0.29, 0.717) is 12.0 Å². The van der Waals surface area contributed by atoms with Gasteiger partial charge in [0.05, 0.1) is 12.7 Å². The second kappa shape index (κ2) is 11.2. The number of nitrogens with one attached hydrogen (secondary N) is 1. The summed E-state index contributed by atoms with van der Waals surface area (Å²) in [5.74, 6) is -1.74. The van der Waals surface area contributed by atoms with Crippen LogP contribution in [-0.2, 0) is 19.1 Å². The Kier molecular flexibility index (Phi) is 9.33. The molecule has 1 N–H and O–H groups in total. The Bertz CT molecular complexity index is 626. The predicted octanol–water partition coefficient (Wildman–Crippen LogP) is 2.39. The molecule has 0 radical (unpaired) electrons. The minimum atomic E-state index is -0.764. The molecule has 1 aromatic rings. The molecule has 1 aromatic carbocycles. The average molecular weight is 378 g/mol. The Hall–Kier alpha value is -2.57. The highest BCUT2D eigenvalue weighted by Crippen LogP contribution is 2.15. The van der Waals surface area contributed by atoms with Gasteiger partial charge in [-0.2, -0.15) is 0 Å². The monoisotopic (exact) mass is 378 g/mol. The molecule has 0 aromatic heterocycles. The first-order chi connectivity index (χ1) is 12.9. The summed E-state index contributed by atoms with van der Waals surface area (Å²) in [6.45, 7) is 9.16. The normalized spacial score (nSPS) is 12.6. The average Bonchev–Trinajstić information content (AvgIpc) is 2.70. The molecule has 0 fully saturated rings. The van der Waals surface area contributed by atoms with Gasteiger partial charge < -0.3 is 19.7 Å². The van der Waals surface area contributed by atoms with Gasteiger partial charge in [0, 0.05) is 18.8 Å². The van der Waals surface area contributed by atoms with Gasteiger partial charge in [-0.3, -0.25) is 4.79 Å². The molecule has 0 saturated heterocycles. The van der Waals surface area contributed by atoms with Crippen molar-refractivity contribution >= 4 is 23.5 Å². The van der Waals surface area contributed by atoms with Crippen LogP contribution in [0.5, 0.6) is 0 Å². The quantitative estimate of drug-likeness (QED) is 0.629. The summed E-state index contributed by atoms with van der Waals surface area (Å²) in [5.41, 5.74) is 1.38. The van der Waals surface area contributed by atoms with Crippen molar-refractivity contribution in [2.24, 2.45) is 5.92 Å². The number of hydrogen-bond donors (Lipinski definition) is 1. The molecule has 0 unspecified atom stereocenters. The number of anilines is 1. The molecule has 1 amide bonds. The number of ether oxygens (including phenoxy) is 2. The van der Waals surface area contributed by atoms with Crippen molar-refractivity contribution in [3.05, 3.63) is 29.8 Å². The lowest BCUT2D eigenvalue weighted by Gasteiger charge is -2.22. The van der Waals surface area contributed by atoms with E-state index in [9.17, 15) is 14.4 Å². The third kappa shape index (κ3) is 6.58. The molecule has 0 saturated carbocycles. The first-order valence-electron chi connectivity index (χ1n) is 9.27. The Morgan fingerprint density at radius 2 is 1.67 bits per heavy atom. The zero-order chi connectivity index (χ0) is 20.4. The summed E-state index contributed by atoms with van der Waals surface area (Å²) in [5, 5.41) is 2.57. The van der Waals surface area contributed by atoms with Crippen LogP contribution in [0, 0.1) is 5.92 Å². The Morgan fingerprint density at radius 1 is 1.07 bits per heavy atom. The van der Waals surface area contributed by atoms with Crippen molar-refractivity contribution < 1.29 is 23.9 Å². The highest BCUT2D eigenvalue weighted by molar-refractivity contribution is 5.92. The van der Waals surface area contributed by atoms with Gasteiger partial charge in [-0.15, -0.1) is 0 Å². The molecule has 27 heavy (non-hydrogen) atoms. The van der Waals surface area contributed by atoms with E-state index < -0.39 is 30.5 Å². The number of amides is 1. The fourth-order valence-corrected chi connectivity index (χ4v) is 2.62. The topological polar surface area (TPSA) is 84.9 Å². The van der Waals surface area contributed by atoms with E-state index >= 15 is 0 Å². The van der Waals surface area contributed by atoms with Gasteiger partial charge >= 0.3 is 11.9 Å². The van der Waals surface area contributed by atoms with E-state index in [0.717, 1.165) is 18.8 Å². The van der Waals surface area contributed by atoms with Crippen LogP contribution < -0.4 is 10.2 Å². The fourth-order valence-electron chi connectivity index (χ4n) is 2.62. The lowest BCUT2D eigenvalue weighted by Crippen LogP contribution is -2.47. The molecular formula is C20H30N2O5. The summed E-state index contributed by atoms with van der Waals surface area (Å²) in [6.07, 6.45) is 0.693. The molecular weight excluding hydrogens is 348 g/mol. The number of nitrogens with zero attached hydrogens (tertiary/aromatic N) is 1. The number of esters is 2. The number of rotatable bonds is 10. The minimum absolute atomic E-state index is 0.0928. The van der Waals surface area contributed by atoms with Crippen LogP contribution in [0.25, 0.3) is 0 Å². The summed E-state index contributed by atoms with van der Waals surface area (Å²) >= 11 is 0. The molecule has 150 valence electrons. The van der Waals surface area contributed by atoms with E-state index in [1.54, 1.807) is 12.1 Å². The summed E-state index contributed by atoms with van der Waals surface area (Å²) in [6, 6.07) is 6.27. The summed E-state index contributed by atoms with van der Waals surface area (Å²) < 4.78 is 9.77. The van der Waals surface area contributed by atoms with Crippen molar-refractivity contribution in [1.29, 1.82) is 0 Å². The van der Waals surface area contributed by atoms with Gasteiger partial charge in [0.2, 0.25) is 0 Å². The van der Waals surface area contributed by atoms with Crippen LogP contribution in [0.4, 0.5) is 5.69 Å². The van der Waals surface area contributed by atoms with Gasteiger partial charge in [0.25, 0.3) is 5.91 Å². The van der Waals surface area contributed by atoms with Crippen molar-refractivity contribution in [3.8, 4) is 0 Å². The van der Waals surface area contributed by atoms with Crippen LogP contribution in [0.1, 0.15) is 44.5 Å². The van der Waals surface area contributed by atoms with Gasteiger partial charge in [-0.05, 0) is 44.0 Å². The molecule has 7 heteroatoms. The predicted molar refractivity (Wildman–Crippen MR) is 104 cm³/mol. The van der Waals surface area contributed by atoms with Crippen LogP contribution in [0.3, 0.4) is 0 Å².